The van der Waals surface area contributed by atoms with Crippen LogP contribution < -0.4 is 0 Å². The lowest BCUT2D eigenvalue weighted by Gasteiger charge is -2.30. The normalized spacial score (nSPS) is 16.9. The lowest BCUT2D eigenvalue weighted by atomic mass is 9.76. The van der Waals surface area contributed by atoms with E-state index in [1.165, 1.54) is 0 Å². The first-order chi connectivity index (χ1) is 9.78. The summed E-state index contributed by atoms with van der Waals surface area (Å²) in [6.07, 6.45) is 1.46. The lowest BCUT2D eigenvalue weighted by molar-refractivity contribution is 0.0911. The molecule has 1 aliphatic carbocycles. The standard InChI is InChI=1S/C17H17Cl2NO/c1-10-6-12-15(8-17(2,3)9-16(12)21)20(10)14-5-4-11(18)7-13(14)19/h4-7H,8-9H2,1-3H3. The molecule has 0 saturated carbocycles. The second-order valence-electron chi connectivity index (χ2n) is 6.52. The molecule has 21 heavy (non-hydrogen) atoms. The summed E-state index contributed by atoms with van der Waals surface area (Å²) in [5.74, 6) is 0.216. The summed E-state index contributed by atoms with van der Waals surface area (Å²) in [4.78, 5) is 12.4. The zero-order valence-corrected chi connectivity index (χ0v) is 13.8. The number of ketones is 1. The molecular formula is C17H17Cl2NO. The van der Waals surface area contributed by atoms with Gasteiger partial charge in [-0.3, -0.25) is 4.79 Å². The predicted octanol–water partition coefficient (Wildman–Crippen LogP) is 5.25. The van der Waals surface area contributed by atoms with Crippen LogP contribution in [0.25, 0.3) is 5.69 Å². The highest BCUT2D eigenvalue weighted by atomic mass is 35.5. The van der Waals surface area contributed by atoms with Gasteiger partial charge in [0.1, 0.15) is 0 Å². The minimum atomic E-state index is -0.0223. The molecule has 0 aliphatic heterocycles. The number of hydrogen-bond donors (Lipinski definition) is 0. The quantitative estimate of drug-likeness (QED) is 0.703. The Morgan fingerprint density at radius 3 is 2.52 bits per heavy atom. The Hall–Kier alpha value is -1.25. The summed E-state index contributed by atoms with van der Waals surface area (Å²) in [6, 6.07) is 7.44. The van der Waals surface area contributed by atoms with E-state index in [-0.39, 0.29) is 11.2 Å². The number of carbonyl (C=O) groups excluding carboxylic acids is 1. The summed E-state index contributed by atoms with van der Waals surface area (Å²) in [5, 5.41) is 1.21. The number of nitrogens with zero attached hydrogens (tertiary/aromatic N) is 1. The molecule has 0 bridgehead atoms. The molecule has 0 saturated heterocycles. The Morgan fingerprint density at radius 1 is 1.14 bits per heavy atom. The molecule has 0 radical (unpaired) electrons. The van der Waals surface area contributed by atoms with Crippen LogP contribution in [-0.4, -0.2) is 10.4 Å². The van der Waals surface area contributed by atoms with Gasteiger partial charge in [-0.05, 0) is 43.0 Å². The van der Waals surface area contributed by atoms with Gasteiger partial charge in [0, 0.05) is 28.4 Å². The fourth-order valence-corrected chi connectivity index (χ4v) is 3.64. The van der Waals surface area contributed by atoms with Crippen LogP contribution in [0, 0.1) is 12.3 Å². The Labute approximate surface area is 134 Å². The van der Waals surface area contributed by atoms with Gasteiger partial charge in [0.2, 0.25) is 0 Å². The minimum Gasteiger partial charge on any atom is -0.316 e. The fourth-order valence-electron chi connectivity index (χ4n) is 3.15. The molecule has 1 aliphatic rings. The van der Waals surface area contributed by atoms with Gasteiger partial charge in [-0.25, -0.2) is 0 Å². The van der Waals surface area contributed by atoms with Crippen LogP contribution in [0.4, 0.5) is 0 Å². The highest BCUT2D eigenvalue weighted by Crippen LogP contribution is 2.38. The number of carbonyl (C=O) groups is 1. The number of halogens is 2. The maximum Gasteiger partial charge on any atom is 0.165 e. The van der Waals surface area contributed by atoms with Crippen LogP contribution in [0.5, 0.6) is 0 Å². The van der Waals surface area contributed by atoms with E-state index >= 15 is 0 Å². The number of aryl methyl sites for hydroxylation is 1. The van der Waals surface area contributed by atoms with Crippen LogP contribution in [-0.2, 0) is 6.42 Å². The van der Waals surface area contributed by atoms with E-state index in [0.717, 1.165) is 29.1 Å². The first-order valence-electron chi connectivity index (χ1n) is 6.98. The van der Waals surface area contributed by atoms with E-state index in [4.69, 9.17) is 23.2 Å². The maximum absolute atomic E-state index is 12.4. The van der Waals surface area contributed by atoms with Gasteiger partial charge in [0.05, 0.1) is 10.7 Å². The predicted molar refractivity (Wildman–Crippen MR) is 87.0 cm³/mol. The van der Waals surface area contributed by atoms with E-state index in [2.05, 4.69) is 18.4 Å². The zero-order valence-electron chi connectivity index (χ0n) is 12.3. The number of benzene rings is 1. The van der Waals surface area contributed by atoms with E-state index in [1.54, 1.807) is 6.07 Å². The number of hydrogen-bond acceptors (Lipinski definition) is 1. The maximum atomic E-state index is 12.4. The van der Waals surface area contributed by atoms with Crippen molar-refractivity contribution in [3.8, 4) is 5.69 Å². The number of fused-ring (bicyclic) bond motifs is 1. The first kappa shape index (κ1) is 14.7. The van der Waals surface area contributed by atoms with Gasteiger partial charge < -0.3 is 4.57 Å². The molecule has 4 heteroatoms. The second-order valence-corrected chi connectivity index (χ2v) is 7.36. The van der Waals surface area contributed by atoms with Crippen molar-refractivity contribution in [2.45, 2.75) is 33.6 Å². The molecular weight excluding hydrogens is 305 g/mol. The van der Waals surface area contributed by atoms with E-state index in [1.807, 2.05) is 25.1 Å². The van der Waals surface area contributed by atoms with E-state index in [9.17, 15) is 4.79 Å². The van der Waals surface area contributed by atoms with Crippen molar-refractivity contribution in [3.63, 3.8) is 0 Å². The smallest absolute Gasteiger partial charge is 0.165 e. The van der Waals surface area contributed by atoms with E-state index in [0.29, 0.717) is 16.5 Å². The van der Waals surface area contributed by atoms with Gasteiger partial charge in [0.25, 0.3) is 0 Å². The third-order valence-corrected chi connectivity index (χ3v) is 4.56. The summed E-state index contributed by atoms with van der Waals surface area (Å²) < 4.78 is 2.09. The minimum absolute atomic E-state index is 0.0223. The lowest BCUT2D eigenvalue weighted by Crippen LogP contribution is -2.27. The average Bonchev–Trinajstić information content (AvgIpc) is 2.65. The van der Waals surface area contributed by atoms with Crippen LogP contribution in [0.15, 0.2) is 24.3 Å². The SMILES string of the molecule is Cc1cc2c(n1-c1ccc(Cl)cc1Cl)CC(C)(C)CC2=O. The highest BCUT2D eigenvalue weighted by molar-refractivity contribution is 6.35. The molecule has 110 valence electrons. The number of aromatic nitrogens is 1. The van der Waals surface area contributed by atoms with Crippen molar-refractivity contribution in [1.82, 2.24) is 4.57 Å². The third kappa shape index (κ3) is 2.51. The largest absolute Gasteiger partial charge is 0.316 e. The van der Waals surface area contributed by atoms with Gasteiger partial charge in [-0.2, -0.15) is 0 Å². The Kier molecular flexibility index (Phi) is 3.42. The van der Waals surface area contributed by atoms with Gasteiger partial charge in [-0.15, -0.1) is 0 Å². The highest BCUT2D eigenvalue weighted by Gasteiger charge is 2.34. The molecule has 3 rings (SSSR count). The summed E-state index contributed by atoms with van der Waals surface area (Å²) in [5.41, 5.74) is 3.77. The molecule has 1 heterocycles. The molecule has 0 fully saturated rings. The second kappa shape index (κ2) is 4.89. The summed E-state index contributed by atoms with van der Waals surface area (Å²) in [6.45, 7) is 6.26. The van der Waals surface area contributed by atoms with Crippen molar-refractivity contribution < 1.29 is 4.79 Å². The third-order valence-electron chi connectivity index (χ3n) is 4.02. The van der Waals surface area contributed by atoms with Gasteiger partial charge in [-0.1, -0.05) is 37.0 Å². The Balaban J connectivity index is 2.23. The molecule has 0 unspecified atom stereocenters. The van der Waals surface area contributed by atoms with Crippen molar-refractivity contribution in [3.05, 3.63) is 51.3 Å². The Bertz CT molecular complexity index is 743. The summed E-state index contributed by atoms with van der Waals surface area (Å²) >= 11 is 12.3. The molecule has 1 aromatic heterocycles. The Morgan fingerprint density at radius 2 is 1.86 bits per heavy atom. The van der Waals surface area contributed by atoms with Gasteiger partial charge >= 0.3 is 0 Å². The fraction of sp³-hybridized carbons (Fsp3) is 0.353. The molecule has 0 amide bonds. The van der Waals surface area contributed by atoms with Crippen molar-refractivity contribution in [2.24, 2.45) is 5.41 Å². The molecule has 0 N–H and O–H groups in total. The number of Topliss-reactive ketones (excluding diaryl/α,β-unsaturated/α-hetero) is 1. The number of rotatable bonds is 1. The van der Waals surface area contributed by atoms with Crippen molar-refractivity contribution >= 4 is 29.0 Å². The zero-order chi connectivity index (χ0) is 15.4. The average molecular weight is 322 g/mol. The van der Waals surface area contributed by atoms with Crippen LogP contribution in [0.2, 0.25) is 10.0 Å². The van der Waals surface area contributed by atoms with Crippen molar-refractivity contribution in [2.75, 3.05) is 0 Å². The van der Waals surface area contributed by atoms with Crippen LogP contribution in [0.3, 0.4) is 0 Å². The van der Waals surface area contributed by atoms with Crippen molar-refractivity contribution in [1.29, 1.82) is 0 Å². The van der Waals surface area contributed by atoms with Gasteiger partial charge in [0.15, 0.2) is 5.78 Å². The van der Waals surface area contributed by atoms with Crippen LogP contribution >= 0.6 is 23.2 Å². The van der Waals surface area contributed by atoms with E-state index < -0.39 is 0 Å². The topological polar surface area (TPSA) is 22.0 Å². The first-order valence-corrected chi connectivity index (χ1v) is 7.74. The molecule has 0 atom stereocenters. The monoisotopic (exact) mass is 321 g/mol. The molecule has 2 aromatic rings. The molecule has 2 nitrogen and oxygen atoms in total. The molecule has 1 aromatic carbocycles. The molecule has 0 spiro atoms. The van der Waals surface area contributed by atoms with Crippen LogP contribution in [0.1, 0.15) is 42.0 Å². The summed E-state index contributed by atoms with van der Waals surface area (Å²) in [7, 11) is 0.